The molecule has 0 spiro atoms. The molecule has 6 heavy (non-hydrogen) atoms. The molecule has 0 N–H and O–H groups in total. The lowest BCUT2D eigenvalue weighted by Crippen LogP contribution is -1.62. The number of carbonyl (C=O) groups excluding carboxylic acids is 1. The highest BCUT2D eigenvalue weighted by Gasteiger charge is 1.67. The van der Waals surface area contributed by atoms with Gasteiger partial charge in [-0.25, -0.2) is 0 Å². The molecule has 0 aliphatic rings. The summed E-state index contributed by atoms with van der Waals surface area (Å²) < 4.78 is 0. The van der Waals surface area contributed by atoms with E-state index in [1.54, 1.807) is 0 Å². The van der Waals surface area contributed by atoms with Crippen LogP contribution in [-0.2, 0) is 4.79 Å². The van der Waals surface area contributed by atoms with Crippen molar-refractivity contribution in [2.45, 2.75) is 6.92 Å². The zero-order valence-electron chi connectivity index (χ0n) is 3.66. The number of alkyl halides is 1. The van der Waals surface area contributed by atoms with Crippen LogP contribution in [0.4, 0.5) is 0 Å². The molecule has 38 valence electrons. The largest absolute Gasteiger partial charge is 0.282 e. The summed E-state index contributed by atoms with van der Waals surface area (Å²) in [6.07, 6.45) is 1.47. The van der Waals surface area contributed by atoms with Crippen molar-refractivity contribution in [3.8, 4) is 0 Å². The third-order valence-electron chi connectivity index (χ3n) is 0. The van der Waals surface area contributed by atoms with Crippen LogP contribution in [0.15, 0.2) is 0 Å². The molecule has 1 nitrogen and oxygen atoms in total. The molecule has 0 unspecified atom stereocenters. The molecule has 0 rings (SSSR count). The van der Waals surface area contributed by atoms with E-state index in [0.717, 1.165) is 0 Å². The van der Waals surface area contributed by atoms with Gasteiger partial charge in [0.05, 0.1) is 0 Å². The van der Waals surface area contributed by atoms with Crippen LogP contribution in [0.3, 0.4) is 0 Å². The zero-order chi connectivity index (χ0) is 5.58. The van der Waals surface area contributed by atoms with E-state index in [1.807, 2.05) is 0 Å². The minimum Gasteiger partial charge on any atom is -0.282 e. The Bertz CT molecular complexity index is 31.8. The van der Waals surface area contributed by atoms with Crippen LogP contribution < -0.4 is 0 Å². The molecule has 0 aliphatic heterocycles. The van der Waals surface area contributed by atoms with E-state index in [-0.39, 0.29) is 5.24 Å². The van der Waals surface area contributed by atoms with Crippen molar-refractivity contribution < 1.29 is 4.79 Å². The van der Waals surface area contributed by atoms with Crippen LogP contribution in [0.2, 0.25) is 0 Å². The summed E-state index contributed by atoms with van der Waals surface area (Å²) in [6, 6.07) is 0. The van der Waals surface area contributed by atoms with Gasteiger partial charge in [-0.05, 0) is 11.6 Å². The maximum absolute atomic E-state index is 9.21. The molecule has 0 saturated carbocycles. The summed E-state index contributed by atoms with van der Waals surface area (Å²) in [4.78, 5) is 9.21. The molecular weight excluding hydrogens is 123 g/mol. The van der Waals surface area contributed by atoms with Crippen LogP contribution >= 0.6 is 23.2 Å². The molecule has 0 atom stereocenters. The second-order valence-electron chi connectivity index (χ2n) is 0.470. The highest BCUT2D eigenvalue weighted by Crippen LogP contribution is 1.67. The van der Waals surface area contributed by atoms with E-state index in [4.69, 9.17) is 0 Å². The van der Waals surface area contributed by atoms with E-state index in [2.05, 4.69) is 23.2 Å². The van der Waals surface area contributed by atoms with E-state index < -0.39 is 0 Å². The molecule has 0 radical (unpaired) electrons. The van der Waals surface area contributed by atoms with Crippen molar-refractivity contribution in [1.82, 2.24) is 0 Å². The molecule has 0 aromatic carbocycles. The lowest BCUT2D eigenvalue weighted by molar-refractivity contribution is -0.109. The molecule has 0 bridgehead atoms. The molecule has 0 aromatic rings. The highest BCUT2D eigenvalue weighted by molar-refractivity contribution is 6.62. The molecule has 0 aromatic heterocycles. The Labute approximate surface area is 47.2 Å². The minimum atomic E-state index is -0.361. The fourth-order valence-corrected chi connectivity index (χ4v) is 0. The lowest BCUT2D eigenvalue weighted by Gasteiger charge is -1.52. The average molecular weight is 129 g/mol. The van der Waals surface area contributed by atoms with Crippen LogP contribution in [-0.4, -0.2) is 11.6 Å². The van der Waals surface area contributed by atoms with Gasteiger partial charge < -0.3 is 0 Å². The summed E-state index contributed by atoms with van der Waals surface area (Å²) in [5.74, 6) is 0. The van der Waals surface area contributed by atoms with E-state index in [1.165, 1.54) is 13.3 Å². The number of hydrogen-bond donors (Lipinski definition) is 0. The van der Waals surface area contributed by atoms with Gasteiger partial charge >= 0.3 is 0 Å². The Kier molecular flexibility index (Phi) is 14.3. The third kappa shape index (κ3) is 718. The maximum atomic E-state index is 9.21. The zero-order valence-corrected chi connectivity index (χ0v) is 5.18. The molecule has 0 fully saturated rings. The van der Waals surface area contributed by atoms with Gasteiger partial charge in [-0.1, -0.05) is 0 Å². The van der Waals surface area contributed by atoms with Crippen molar-refractivity contribution >= 4 is 28.4 Å². The number of hydrogen-bond acceptors (Lipinski definition) is 1. The Morgan fingerprint density at radius 1 is 1.50 bits per heavy atom. The van der Waals surface area contributed by atoms with E-state index in [9.17, 15) is 4.79 Å². The van der Waals surface area contributed by atoms with Gasteiger partial charge in [-0.2, -0.15) is 0 Å². The first-order valence-corrected chi connectivity index (χ1v) is 2.40. The molecule has 0 heterocycles. The normalized spacial score (nSPS) is 5.33. The minimum absolute atomic E-state index is 0.361. The topological polar surface area (TPSA) is 17.1 Å². The second-order valence-corrected chi connectivity index (χ2v) is 1.00. The Hall–Kier alpha value is 0.250. The van der Waals surface area contributed by atoms with Gasteiger partial charge in [0.1, 0.15) is 0 Å². The van der Waals surface area contributed by atoms with Gasteiger partial charge in [0.2, 0.25) is 5.24 Å². The summed E-state index contributed by atoms with van der Waals surface area (Å²) in [7, 11) is 0. The monoisotopic (exact) mass is 128 g/mol. The summed E-state index contributed by atoms with van der Waals surface area (Å²) in [6.45, 7) is 1.29. The Morgan fingerprint density at radius 2 is 1.50 bits per heavy atom. The molecule has 0 aliphatic carbocycles. The fraction of sp³-hybridized carbons (Fsp3) is 0.667. The standard InChI is InChI=1S/C2H3ClO.CH3Cl/c1-2(3)4;1-2/h1H3;1H3. The van der Waals surface area contributed by atoms with Gasteiger partial charge in [-0.3, -0.25) is 4.79 Å². The first-order chi connectivity index (χ1) is 2.73. The molecule has 0 saturated heterocycles. The van der Waals surface area contributed by atoms with Crippen LogP contribution in [0.25, 0.3) is 0 Å². The molecule has 3 heteroatoms. The predicted octanol–water partition coefficient (Wildman–Crippen LogP) is 1.63. The van der Waals surface area contributed by atoms with Crippen molar-refractivity contribution in [3.63, 3.8) is 0 Å². The average Bonchev–Trinajstić information content (AvgIpc) is 1.41. The smallest absolute Gasteiger partial charge is 0.218 e. The van der Waals surface area contributed by atoms with Crippen LogP contribution in [0.1, 0.15) is 6.92 Å². The summed E-state index contributed by atoms with van der Waals surface area (Å²) in [5, 5.41) is -0.361. The fourth-order valence-electron chi connectivity index (χ4n) is 0. The number of rotatable bonds is 0. The number of carbonyl (C=O) groups is 1. The third-order valence-corrected chi connectivity index (χ3v) is 0. The Balaban J connectivity index is 0. The second kappa shape index (κ2) is 8.98. The van der Waals surface area contributed by atoms with Crippen LogP contribution in [0.5, 0.6) is 0 Å². The van der Waals surface area contributed by atoms with Crippen LogP contribution in [0, 0.1) is 0 Å². The summed E-state index contributed by atoms with van der Waals surface area (Å²) >= 11 is 9.27. The maximum Gasteiger partial charge on any atom is 0.218 e. The van der Waals surface area contributed by atoms with Crippen molar-refractivity contribution in [1.29, 1.82) is 0 Å². The number of halogens is 2. The van der Waals surface area contributed by atoms with Gasteiger partial charge in [0, 0.05) is 13.3 Å². The molecular formula is C3H6Cl2O. The first-order valence-electron chi connectivity index (χ1n) is 1.27. The SMILES string of the molecule is CC(=O)Cl.CCl. The van der Waals surface area contributed by atoms with E-state index >= 15 is 0 Å². The van der Waals surface area contributed by atoms with Crippen molar-refractivity contribution in [3.05, 3.63) is 0 Å². The van der Waals surface area contributed by atoms with Gasteiger partial charge in [0.25, 0.3) is 0 Å². The van der Waals surface area contributed by atoms with Gasteiger partial charge in [0.15, 0.2) is 0 Å². The van der Waals surface area contributed by atoms with E-state index in [0.29, 0.717) is 0 Å². The quantitative estimate of drug-likeness (QED) is 0.358. The van der Waals surface area contributed by atoms with Crippen molar-refractivity contribution in [2.24, 2.45) is 0 Å². The predicted molar refractivity (Wildman–Crippen MR) is 28.3 cm³/mol. The van der Waals surface area contributed by atoms with Crippen molar-refractivity contribution in [2.75, 3.05) is 6.38 Å². The Morgan fingerprint density at radius 3 is 1.50 bits per heavy atom. The first kappa shape index (κ1) is 9.54. The van der Waals surface area contributed by atoms with Gasteiger partial charge in [-0.15, -0.1) is 11.6 Å². The summed E-state index contributed by atoms with van der Waals surface area (Å²) in [5.41, 5.74) is 0. The lowest BCUT2D eigenvalue weighted by atomic mass is 10.9. The molecule has 0 amide bonds. The highest BCUT2D eigenvalue weighted by atomic mass is 35.5.